The van der Waals surface area contributed by atoms with Crippen LogP contribution in [0, 0.1) is 12.8 Å². The Bertz CT molecular complexity index is 479. The monoisotopic (exact) mass is 343 g/mol. The number of thiophene rings is 1. The van der Waals surface area contributed by atoms with Crippen LogP contribution in [-0.4, -0.2) is 61.5 Å². The van der Waals surface area contributed by atoms with Gasteiger partial charge in [0.15, 0.2) is 0 Å². The number of hydrogen-bond acceptors (Lipinski definition) is 4. The van der Waals surface area contributed by atoms with E-state index in [0.717, 1.165) is 43.5 Å². The van der Waals surface area contributed by atoms with E-state index in [1.807, 2.05) is 17.0 Å². The van der Waals surface area contributed by atoms with Crippen molar-refractivity contribution in [2.45, 2.75) is 19.8 Å². The van der Waals surface area contributed by atoms with Crippen molar-refractivity contribution in [3.8, 4) is 0 Å². The molecule has 0 aromatic carbocycles. The van der Waals surface area contributed by atoms with Gasteiger partial charge in [0.05, 0.1) is 4.88 Å². The maximum absolute atomic E-state index is 12.4. The SMILES string of the molecule is Cc1ccc(C(=O)N2CCN(CC3CCCNC3)CC2)s1.Cl. The van der Waals surface area contributed by atoms with Gasteiger partial charge < -0.3 is 10.2 Å². The number of piperazine rings is 1. The minimum absolute atomic E-state index is 0. The molecule has 1 amide bonds. The summed E-state index contributed by atoms with van der Waals surface area (Å²) in [6.45, 7) is 9.36. The van der Waals surface area contributed by atoms with E-state index in [1.165, 1.54) is 30.8 Å². The summed E-state index contributed by atoms with van der Waals surface area (Å²) >= 11 is 1.61. The van der Waals surface area contributed by atoms with Crippen LogP contribution < -0.4 is 5.32 Å². The van der Waals surface area contributed by atoms with Gasteiger partial charge in [0.25, 0.3) is 5.91 Å². The van der Waals surface area contributed by atoms with Crippen LogP contribution in [0.5, 0.6) is 0 Å². The van der Waals surface area contributed by atoms with Crippen molar-refractivity contribution >= 4 is 29.7 Å². The van der Waals surface area contributed by atoms with Crippen molar-refractivity contribution in [2.24, 2.45) is 5.92 Å². The van der Waals surface area contributed by atoms with Crippen LogP contribution in [0.25, 0.3) is 0 Å². The standard InChI is InChI=1S/C16H25N3OS.ClH/c1-13-4-5-15(21-13)16(20)19-9-7-18(8-10-19)12-14-3-2-6-17-11-14;/h4-5,14,17H,2-3,6-12H2,1H3;1H. The molecule has 3 rings (SSSR count). The second-order valence-corrected chi connectivity index (χ2v) is 7.50. The van der Waals surface area contributed by atoms with Gasteiger partial charge >= 0.3 is 0 Å². The fourth-order valence-corrected chi connectivity index (χ4v) is 4.12. The van der Waals surface area contributed by atoms with E-state index >= 15 is 0 Å². The molecule has 0 radical (unpaired) electrons. The average molecular weight is 344 g/mol. The number of amides is 1. The molecule has 0 spiro atoms. The van der Waals surface area contributed by atoms with Crippen LogP contribution in [0.2, 0.25) is 0 Å². The highest BCUT2D eigenvalue weighted by atomic mass is 35.5. The average Bonchev–Trinajstić information content (AvgIpc) is 2.95. The summed E-state index contributed by atoms with van der Waals surface area (Å²) in [4.78, 5) is 19.1. The fourth-order valence-electron chi connectivity index (χ4n) is 3.28. The van der Waals surface area contributed by atoms with Crippen LogP contribution in [0.4, 0.5) is 0 Å². The summed E-state index contributed by atoms with van der Waals surface area (Å²) in [7, 11) is 0. The fraction of sp³-hybridized carbons (Fsp3) is 0.688. The maximum Gasteiger partial charge on any atom is 0.264 e. The Morgan fingerprint density at radius 1 is 1.32 bits per heavy atom. The van der Waals surface area contributed by atoms with E-state index in [4.69, 9.17) is 0 Å². The summed E-state index contributed by atoms with van der Waals surface area (Å²) in [5.41, 5.74) is 0. The third-order valence-electron chi connectivity index (χ3n) is 4.53. The lowest BCUT2D eigenvalue weighted by atomic mass is 9.99. The van der Waals surface area contributed by atoms with E-state index in [0.29, 0.717) is 0 Å². The number of rotatable bonds is 3. The molecule has 2 saturated heterocycles. The Morgan fingerprint density at radius 2 is 2.09 bits per heavy atom. The number of carbonyl (C=O) groups excluding carboxylic acids is 1. The zero-order chi connectivity index (χ0) is 14.7. The van der Waals surface area contributed by atoms with Crippen molar-refractivity contribution in [1.82, 2.24) is 15.1 Å². The predicted molar refractivity (Wildman–Crippen MR) is 94.2 cm³/mol. The van der Waals surface area contributed by atoms with Crippen molar-refractivity contribution in [3.63, 3.8) is 0 Å². The number of nitrogens with zero attached hydrogens (tertiary/aromatic N) is 2. The first-order valence-electron chi connectivity index (χ1n) is 8.01. The number of aryl methyl sites for hydroxylation is 1. The molecule has 0 aliphatic carbocycles. The summed E-state index contributed by atoms with van der Waals surface area (Å²) in [6.07, 6.45) is 2.65. The topological polar surface area (TPSA) is 35.6 Å². The molecule has 124 valence electrons. The molecule has 1 aromatic heterocycles. The van der Waals surface area contributed by atoms with Gasteiger partial charge in [-0.15, -0.1) is 23.7 Å². The number of hydrogen-bond donors (Lipinski definition) is 1. The second-order valence-electron chi connectivity index (χ2n) is 6.22. The first-order valence-corrected chi connectivity index (χ1v) is 8.83. The highest BCUT2D eigenvalue weighted by molar-refractivity contribution is 7.13. The molecule has 0 saturated carbocycles. The third-order valence-corrected chi connectivity index (χ3v) is 5.51. The van der Waals surface area contributed by atoms with E-state index in [2.05, 4.69) is 17.1 Å². The molecule has 1 atom stereocenters. The van der Waals surface area contributed by atoms with E-state index in [-0.39, 0.29) is 18.3 Å². The highest BCUT2D eigenvalue weighted by Crippen LogP contribution is 2.19. The van der Waals surface area contributed by atoms with Gasteiger partial charge in [-0.1, -0.05) is 0 Å². The van der Waals surface area contributed by atoms with Crippen LogP contribution in [0.1, 0.15) is 27.4 Å². The molecule has 6 heteroatoms. The van der Waals surface area contributed by atoms with Gasteiger partial charge in [-0.2, -0.15) is 0 Å². The van der Waals surface area contributed by atoms with Gasteiger partial charge in [-0.25, -0.2) is 0 Å². The number of piperidine rings is 1. The van der Waals surface area contributed by atoms with Crippen LogP contribution >= 0.6 is 23.7 Å². The second kappa shape index (κ2) is 8.29. The first-order chi connectivity index (χ1) is 10.2. The van der Waals surface area contributed by atoms with Gasteiger partial charge in [-0.05, 0) is 50.9 Å². The van der Waals surface area contributed by atoms with E-state index in [9.17, 15) is 4.79 Å². The van der Waals surface area contributed by atoms with Crippen LogP contribution in [0.3, 0.4) is 0 Å². The van der Waals surface area contributed by atoms with Crippen molar-refractivity contribution in [2.75, 3.05) is 45.8 Å². The van der Waals surface area contributed by atoms with Gasteiger partial charge in [0.1, 0.15) is 0 Å². The molecular formula is C16H26ClN3OS. The zero-order valence-electron chi connectivity index (χ0n) is 13.2. The lowest BCUT2D eigenvalue weighted by molar-refractivity contribution is 0.0614. The van der Waals surface area contributed by atoms with Crippen molar-refractivity contribution in [1.29, 1.82) is 0 Å². The number of nitrogens with one attached hydrogen (secondary N) is 1. The van der Waals surface area contributed by atoms with E-state index < -0.39 is 0 Å². The summed E-state index contributed by atoms with van der Waals surface area (Å²) in [5.74, 6) is 1.01. The van der Waals surface area contributed by atoms with Gasteiger partial charge in [0, 0.05) is 37.6 Å². The molecule has 1 N–H and O–H groups in total. The molecular weight excluding hydrogens is 318 g/mol. The molecule has 2 aliphatic rings. The zero-order valence-corrected chi connectivity index (χ0v) is 14.8. The predicted octanol–water partition coefficient (Wildman–Crippen LogP) is 2.24. The number of carbonyl (C=O) groups is 1. The van der Waals surface area contributed by atoms with Gasteiger partial charge in [-0.3, -0.25) is 9.69 Å². The Hall–Kier alpha value is -0.620. The normalized spacial score (nSPS) is 23.1. The van der Waals surface area contributed by atoms with Crippen molar-refractivity contribution in [3.05, 3.63) is 21.9 Å². The molecule has 22 heavy (non-hydrogen) atoms. The lowest BCUT2D eigenvalue weighted by Gasteiger charge is -2.37. The number of halogens is 1. The van der Waals surface area contributed by atoms with E-state index in [1.54, 1.807) is 11.3 Å². The highest BCUT2D eigenvalue weighted by Gasteiger charge is 2.25. The van der Waals surface area contributed by atoms with Gasteiger partial charge in [0.2, 0.25) is 0 Å². The molecule has 3 heterocycles. The maximum atomic E-state index is 12.4. The minimum atomic E-state index is 0. The minimum Gasteiger partial charge on any atom is -0.335 e. The molecule has 0 bridgehead atoms. The molecule has 2 aliphatic heterocycles. The smallest absolute Gasteiger partial charge is 0.264 e. The quantitative estimate of drug-likeness (QED) is 0.914. The van der Waals surface area contributed by atoms with Crippen LogP contribution in [-0.2, 0) is 0 Å². The largest absolute Gasteiger partial charge is 0.335 e. The molecule has 1 aromatic rings. The first kappa shape index (κ1) is 17.7. The Balaban J connectivity index is 0.00000176. The molecule has 1 unspecified atom stereocenters. The Morgan fingerprint density at radius 3 is 2.68 bits per heavy atom. The molecule has 2 fully saturated rings. The lowest BCUT2D eigenvalue weighted by Crippen LogP contribution is -2.50. The summed E-state index contributed by atoms with van der Waals surface area (Å²) < 4.78 is 0. The van der Waals surface area contributed by atoms with Crippen LogP contribution in [0.15, 0.2) is 12.1 Å². The Kier molecular flexibility index (Phi) is 6.68. The summed E-state index contributed by atoms with van der Waals surface area (Å²) in [6, 6.07) is 3.99. The summed E-state index contributed by atoms with van der Waals surface area (Å²) in [5, 5.41) is 3.49. The molecule has 4 nitrogen and oxygen atoms in total. The Labute approximate surface area is 143 Å². The van der Waals surface area contributed by atoms with Crippen molar-refractivity contribution < 1.29 is 4.79 Å². The third kappa shape index (κ3) is 4.44.